The molecule has 0 spiro atoms. The lowest BCUT2D eigenvalue weighted by Crippen LogP contribution is -2.36. The van der Waals surface area contributed by atoms with Crippen LogP contribution in [0.3, 0.4) is 0 Å². The van der Waals surface area contributed by atoms with Crippen molar-refractivity contribution in [2.24, 2.45) is 5.92 Å². The summed E-state index contributed by atoms with van der Waals surface area (Å²) in [5.74, 6) is -3.50. The van der Waals surface area contributed by atoms with E-state index in [9.17, 15) is 18.4 Å². The molecule has 1 rings (SSSR count). The van der Waals surface area contributed by atoms with Crippen molar-refractivity contribution in [2.45, 2.75) is 6.92 Å². The van der Waals surface area contributed by atoms with Crippen molar-refractivity contribution in [1.82, 2.24) is 4.90 Å². The number of carbonyl (C=O) groups is 2. The number of carboxylic acid groups (broad SMARTS) is 1. The van der Waals surface area contributed by atoms with E-state index in [2.05, 4.69) is 21.2 Å². The maximum absolute atomic E-state index is 13.5. The van der Waals surface area contributed by atoms with Crippen LogP contribution in [-0.2, 0) is 4.79 Å². The molecule has 0 aromatic heterocycles. The maximum atomic E-state index is 13.5. The largest absolute Gasteiger partial charge is 0.481 e. The van der Waals surface area contributed by atoms with Gasteiger partial charge in [0.05, 0.1) is 16.1 Å². The van der Waals surface area contributed by atoms with Gasteiger partial charge in [0.2, 0.25) is 0 Å². The molecular formula is C12H13BrF2N2O3. The number of urea groups is 1. The number of halogens is 3. The van der Waals surface area contributed by atoms with Gasteiger partial charge in [-0.3, -0.25) is 4.79 Å². The van der Waals surface area contributed by atoms with Crippen molar-refractivity contribution in [3.05, 3.63) is 28.2 Å². The second-order valence-corrected chi connectivity index (χ2v) is 5.15. The molecule has 1 aromatic carbocycles. The zero-order valence-corrected chi connectivity index (χ0v) is 12.4. The fraction of sp³-hybridized carbons (Fsp3) is 0.333. The van der Waals surface area contributed by atoms with Crippen molar-refractivity contribution in [3.63, 3.8) is 0 Å². The Kier molecular flexibility index (Phi) is 5.43. The number of anilines is 1. The van der Waals surface area contributed by atoms with Crippen molar-refractivity contribution in [3.8, 4) is 0 Å². The zero-order valence-electron chi connectivity index (χ0n) is 10.8. The minimum Gasteiger partial charge on any atom is -0.481 e. The lowest BCUT2D eigenvalue weighted by Gasteiger charge is -2.20. The van der Waals surface area contributed by atoms with Gasteiger partial charge in [0.15, 0.2) is 0 Å². The van der Waals surface area contributed by atoms with E-state index >= 15 is 0 Å². The molecule has 0 aliphatic carbocycles. The molecule has 1 aromatic rings. The maximum Gasteiger partial charge on any atom is 0.321 e. The highest BCUT2D eigenvalue weighted by Crippen LogP contribution is 2.23. The Hall–Kier alpha value is -1.70. The predicted octanol–water partition coefficient (Wildman–Crippen LogP) is 2.91. The summed E-state index contributed by atoms with van der Waals surface area (Å²) in [5.41, 5.74) is -0.196. The highest BCUT2D eigenvalue weighted by atomic mass is 79.9. The summed E-state index contributed by atoms with van der Waals surface area (Å²) in [6.45, 7) is 1.41. The van der Waals surface area contributed by atoms with Crippen LogP contribution in [0.5, 0.6) is 0 Å². The van der Waals surface area contributed by atoms with Gasteiger partial charge in [-0.05, 0) is 22.0 Å². The molecule has 0 aliphatic heterocycles. The van der Waals surface area contributed by atoms with Crippen molar-refractivity contribution in [1.29, 1.82) is 0 Å². The van der Waals surface area contributed by atoms with Crippen LogP contribution in [0.4, 0.5) is 19.3 Å². The first-order valence-electron chi connectivity index (χ1n) is 5.61. The van der Waals surface area contributed by atoms with E-state index in [0.29, 0.717) is 6.07 Å². The van der Waals surface area contributed by atoms with Crippen LogP contribution in [0, 0.1) is 17.6 Å². The first kappa shape index (κ1) is 16.4. The zero-order chi connectivity index (χ0) is 15.4. The Balaban J connectivity index is 2.76. The lowest BCUT2D eigenvalue weighted by atomic mass is 10.2. The van der Waals surface area contributed by atoms with E-state index in [0.717, 1.165) is 11.0 Å². The lowest BCUT2D eigenvalue weighted by molar-refractivity contribution is -0.141. The molecule has 8 heteroatoms. The Morgan fingerprint density at radius 2 is 2.00 bits per heavy atom. The number of hydrogen-bond donors (Lipinski definition) is 2. The minimum atomic E-state index is -1.04. The van der Waals surface area contributed by atoms with E-state index in [-0.39, 0.29) is 16.7 Å². The molecule has 110 valence electrons. The Morgan fingerprint density at radius 1 is 1.40 bits per heavy atom. The molecule has 0 fully saturated rings. The highest BCUT2D eigenvalue weighted by molar-refractivity contribution is 9.10. The van der Waals surface area contributed by atoms with E-state index in [1.165, 1.54) is 14.0 Å². The molecule has 5 nitrogen and oxygen atoms in total. The molecule has 0 bridgehead atoms. The molecule has 2 N–H and O–H groups in total. The van der Waals surface area contributed by atoms with Gasteiger partial charge in [-0.2, -0.15) is 0 Å². The van der Waals surface area contributed by atoms with Gasteiger partial charge in [-0.15, -0.1) is 0 Å². The predicted molar refractivity (Wildman–Crippen MR) is 72.5 cm³/mol. The molecule has 0 saturated heterocycles. The fourth-order valence-corrected chi connectivity index (χ4v) is 1.74. The van der Waals surface area contributed by atoms with Crippen LogP contribution in [0.1, 0.15) is 6.92 Å². The van der Waals surface area contributed by atoms with Crippen LogP contribution in [0.25, 0.3) is 0 Å². The SMILES string of the molecule is CC(CN(C)C(=O)Nc1cc(Br)c(F)cc1F)C(=O)O. The van der Waals surface area contributed by atoms with E-state index in [1.54, 1.807) is 0 Å². The minimum absolute atomic E-state index is 0.00996. The van der Waals surface area contributed by atoms with Gasteiger partial charge in [0.1, 0.15) is 11.6 Å². The molecule has 0 heterocycles. The molecule has 1 unspecified atom stereocenters. The number of aliphatic carboxylic acids is 1. The summed E-state index contributed by atoms with van der Waals surface area (Å²) >= 11 is 2.88. The number of hydrogen-bond acceptors (Lipinski definition) is 2. The van der Waals surface area contributed by atoms with Gasteiger partial charge >= 0.3 is 12.0 Å². The van der Waals surface area contributed by atoms with Crippen LogP contribution < -0.4 is 5.32 Å². The quantitative estimate of drug-likeness (QED) is 0.820. The molecule has 0 saturated carbocycles. The molecule has 0 radical (unpaired) electrons. The van der Waals surface area contributed by atoms with Gasteiger partial charge in [-0.25, -0.2) is 13.6 Å². The fourth-order valence-electron chi connectivity index (χ4n) is 1.40. The topological polar surface area (TPSA) is 69.6 Å². The summed E-state index contributed by atoms with van der Waals surface area (Å²) in [6, 6.07) is 1.05. The number of rotatable bonds is 4. The first-order chi connectivity index (χ1) is 9.22. The van der Waals surface area contributed by atoms with Crippen LogP contribution in [0.15, 0.2) is 16.6 Å². The second-order valence-electron chi connectivity index (χ2n) is 4.30. The number of carboxylic acids is 1. The van der Waals surface area contributed by atoms with E-state index in [1.807, 2.05) is 0 Å². The summed E-state index contributed by atoms with van der Waals surface area (Å²) in [5, 5.41) is 11.0. The number of carbonyl (C=O) groups excluding carboxylic acids is 1. The Labute approximate surface area is 122 Å². The molecule has 20 heavy (non-hydrogen) atoms. The standard InChI is InChI=1S/C12H13BrF2N2O3/c1-6(11(18)19)5-17(2)12(20)16-10-3-7(13)8(14)4-9(10)15/h3-4,6H,5H2,1-2H3,(H,16,20)(H,18,19). The molecule has 2 amide bonds. The van der Waals surface area contributed by atoms with Gasteiger partial charge in [0, 0.05) is 19.7 Å². The first-order valence-corrected chi connectivity index (χ1v) is 6.41. The molecule has 1 atom stereocenters. The summed E-state index contributed by atoms with van der Waals surface area (Å²) in [7, 11) is 1.38. The summed E-state index contributed by atoms with van der Waals surface area (Å²) < 4.78 is 26.5. The van der Waals surface area contributed by atoms with E-state index in [4.69, 9.17) is 5.11 Å². The van der Waals surface area contributed by atoms with Gasteiger partial charge in [-0.1, -0.05) is 6.92 Å². The third-order valence-electron chi connectivity index (χ3n) is 2.57. The molecule has 0 aliphatic rings. The Morgan fingerprint density at radius 3 is 2.55 bits per heavy atom. The highest BCUT2D eigenvalue weighted by Gasteiger charge is 2.18. The molecular weight excluding hydrogens is 338 g/mol. The smallest absolute Gasteiger partial charge is 0.321 e. The monoisotopic (exact) mass is 350 g/mol. The van der Waals surface area contributed by atoms with Crippen LogP contribution >= 0.6 is 15.9 Å². The van der Waals surface area contributed by atoms with Crippen LogP contribution in [0.2, 0.25) is 0 Å². The van der Waals surface area contributed by atoms with Gasteiger partial charge in [0.25, 0.3) is 0 Å². The third kappa shape index (κ3) is 4.16. The Bertz CT molecular complexity index is 540. The number of nitrogens with one attached hydrogen (secondary N) is 1. The number of nitrogens with zero attached hydrogens (tertiary/aromatic N) is 1. The van der Waals surface area contributed by atoms with Crippen molar-refractivity contribution < 1.29 is 23.5 Å². The van der Waals surface area contributed by atoms with Crippen molar-refractivity contribution in [2.75, 3.05) is 18.9 Å². The number of benzene rings is 1. The van der Waals surface area contributed by atoms with Crippen molar-refractivity contribution >= 4 is 33.6 Å². The average Bonchev–Trinajstić information content (AvgIpc) is 2.35. The normalized spacial score (nSPS) is 11.8. The van der Waals surface area contributed by atoms with E-state index < -0.39 is 29.6 Å². The van der Waals surface area contributed by atoms with Gasteiger partial charge < -0.3 is 15.3 Å². The summed E-state index contributed by atoms with van der Waals surface area (Å²) in [4.78, 5) is 23.6. The average molecular weight is 351 g/mol. The third-order valence-corrected chi connectivity index (χ3v) is 3.18. The summed E-state index contributed by atoms with van der Waals surface area (Å²) in [6.07, 6.45) is 0. The van der Waals surface area contributed by atoms with Crippen LogP contribution in [-0.4, -0.2) is 35.6 Å². The number of amides is 2. The second kappa shape index (κ2) is 6.65.